The summed E-state index contributed by atoms with van der Waals surface area (Å²) in [6, 6.07) is 12.0. The zero-order chi connectivity index (χ0) is 15.4. The third kappa shape index (κ3) is 3.24. The van der Waals surface area contributed by atoms with Crippen molar-refractivity contribution in [2.75, 3.05) is 38.2 Å². The minimum Gasteiger partial charge on any atom is -0.495 e. The van der Waals surface area contributed by atoms with E-state index in [0.29, 0.717) is 0 Å². The Balaban J connectivity index is 1.59. The number of aryl methyl sites for hydroxylation is 1. The Morgan fingerprint density at radius 2 is 1.86 bits per heavy atom. The van der Waals surface area contributed by atoms with Gasteiger partial charge in [-0.1, -0.05) is 12.1 Å². The van der Waals surface area contributed by atoms with Crippen molar-refractivity contribution >= 4 is 11.9 Å². The number of ether oxygens (including phenoxy) is 1. The normalized spacial score (nSPS) is 15.5. The Labute approximate surface area is 130 Å². The first kappa shape index (κ1) is 14.5. The second-order valence-corrected chi connectivity index (χ2v) is 5.31. The molecule has 0 radical (unpaired) electrons. The number of piperazine rings is 1. The fraction of sp³-hybridized carbons (Fsp3) is 0.353. The largest absolute Gasteiger partial charge is 0.495 e. The van der Waals surface area contributed by atoms with Gasteiger partial charge in [0, 0.05) is 13.1 Å². The summed E-state index contributed by atoms with van der Waals surface area (Å²) in [7, 11) is 1.71. The number of furan rings is 1. The van der Waals surface area contributed by atoms with Crippen LogP contribution in [0.1, 0.15) is 11.5 Å². The number of nitrogens with zero attached hydrogens (tertiary/aromatic N) is 3. The van der Waals surface area contributed by atoms with E-state index in [4.69, 9.17) is 9.15 Å². The Kier molecular flexibility index (Phi) is 4.32. The number of hydrazone groups is 1. The highest BCUT2D eigenvalue weighted by molar-refractivity contribution is 5.75. The average molecular weight is 299 g/mol. The minimum absolute atomic E-state index is 0.796. The van der Waals surface area contributed by atoms with Gasteiger partial charge in [0.05, 0.1) is 32.1 Å². The first-order valence-electron chi connectivity index (χ1n) is 7.49. The van der Waals surface area contributed by atoms with Crippen molar-refractivity contribution in [2.45, 2.75) is 6.92 Å². The number of rotatable bonds is 4. The lowest BCUT2D eigenvalue weighted by Gasteiger charge is -2.35. The predicted molar refractivity (Wildman–Crippen MR) is 87.8 cm³/mol. The zero-order valence-electron chi connectivity index (χ0n) is 13.0. The lowest BCUT2D eigenvalue weighted by atomic mass is 10.2. The maximum Gasteiger partial charge on any atom is 0.147 e. The zero-order valence-corrected chi connectivity index (χ0v) is 13.0. The molecule has 116 valence electrons. The van der Waals surface area contributed by atoms with E-state index in [-0.39, 0.29) is 0 Å². The number of methoxy groups -OCH3 is 1. The number of hydrogen-bond acceptors (Lipinski definition) is 5. The van der Waals surface area contributed by atoms with Crippen molar-refractivity contribution in [1.82, 2.24) is 5.01 Å². The molecule has 2 heterocycles. The standard InChI is InChI=1S/C17H21N3O2/c1-14-7-8-15(22-14)13-18-20-11-9-19(10-12-20)16-5-3-4-6-17(16)21-2/h3-8,13H,9-12H2,1-2H3/b18-13-. The molecule has 1 aromatic heterocycles. The molecular weight excluding hydrogens is 278 g/mol. The maximum absolute atomic E-state index is 5.49. The number of hydrogen-bond donors (Lipinski definition) is 0. The second-order valence-electron chi connectivity index (χ2n) is 5.31. The van der Waals surface area contributed by atoms with Gasteiger partial charge in [-0.3, -0.25) is 5.01 Å². The van der Waals surface area contributed by atoms with Gasteiger partial charge in [0.2, 0.25) is 0 Å². The summed E-state index contributed by atoms with van der Waals surface area (Å²) in [5.74, 6) is 2.62. The highest BCUT2D eigenvalue weighted by atomic mass is 16.5. The molecule has 1 aromatic carbocycles. The molecule has 3 rings (SSSR count). The van der Waals surface area contributed by atoms with Gasteiger partial charge in [0.15, 0.2) is 0 Å². The topological polar surface area (TPSA) is 41.2 Å². The Bertz CT molecular complexity index is 643. The van der Waals surface area contributed by atoms with E-state index in [0.717, 1.165) is 49.1 Å². The molecule has 1 saturated heterocycles. The Hall–Kier alpha value is -2.43. The van der Waals surface area contributed by atoms with Gasteiger partial charge in [0.1, 0.15) is 17.3 Å². The van der Waals surface area contributed by atoms with Crippen LogP contribution in [0.3, 0.4) is 0 Å². The van der Waals surface area contributed by atoms with Crippen LogP contribution in [-0.2, 0) is 0 Å². The van der Waals surface area contributed by atoms with Gasteiger partial charge in [-0.15, -0.1) is 0 Å². The number of anilines is 1. The van der Waals surface area contributed by atoms with Crippen molar-refractivity contribution in [3.63, 3.8) is 0 Å². The lowest BCUT2D eigenvalue weighted by molar-refractivity contribution is 0.270. The highest BCUT2D eigenvalue weighted by Gasteiger charge is 2.18. The van der Waals surface area contributed by atoms with E-state index in [9.17, 15) is 0 Å². The summed E-state index contributed by atoms with van der Waals surface area (Å²) in [6.07, 6.45) is 1.78. The molecular formula is C17H21N3O2. The molecule has 0 aliphatic carbocycles. The van der Waals surface area contributed by atoms with Crippen LogP contribution in [0, 0.1) is 6.92 Å². The fourth-order valence-electron chi connectivity index (χ4n) is 2.60. The molecule has 0 saturated carbocycles. The summed E-state index contributed by atoms with van der Waals surface area (Å²) in [4.78, 5) is 2.34. The molecule has 0 atom stereocenters. The van der Waals surface area contributed by atoms with Crippen molar-refractivity contribution in [3.8, 4) is 5.75 Å². The SMILES string of the molecule is COc1ccccc1N1CCN(/N=C\c2ccc(C)o2)CC1. The first-order chi connectivity index (χ1) is 10.8. The molecule has 1 fully saturated rings. The molecule has 0 spiro atoms. The van der Waals surface area contributed by atoms with E-state index in [2.05, 4.69) is 21.1 Å². The van der Waals surface area contributed by atoms with Crippen LogP contribution in [0.15, 0.2) is 45.9 Å². The summed E-state index contributed by atoms with van der Waals surface area (Å²) in [5.41, 5.74) is 1.15. The molecule has 22 heavy (non-hydrogen) atoms. The van der Waals surface area contributed by atoms with Crippen molar-refractivity contribution < 1.29 is 9.15 Å². The molecule has 0 amide bonds. The smallest absolute Gasteiger partial charge is 0.147 e. The number of benzene rings is 1. The molecule has 1 aliphatic heterocycles. The minimum atomic E-state index is 0.796. The molecule has 5 heteroatoms. The van der Waals surface area contributed by atoms with E-state index in [1.54, 1.807) is 13.3 Å². The average Bonchev–Trinajstić information content (AvgIpc) is 2.99. The Morgan fingerprint density at radius 3 is 2.55 bits per heavy atom. The van der Waals surface area contributed by atoms with Gasteiger partial charge >= 0.3 is 0 Å². The monoisotopic (exact) mass is 299 g/mol. The molecule has 0 bridgehead atoms. The van der Waals surface area contributed by atoms with Crippen LogP contribution in [0.5, 0.6) is 5.75 Å². The van der Waals surface area contributed by atoms with Crippen molar-refractivity contribution in [2.24, 2.45) is 5.10 Å². The fourth-order valence-corrected chi connectivity index (χ4v) is 2.60. The van der Waals surface area contributed by atoms with Gasteiger partial charge in [0.25, 0.3) is 0 Å². The first-order valence-corrected chi connectivity index (χ1v) is 7.49. The summed E-state index contributed by atoms with van der Waals surface area (Å²) in [5, 5.41) is 6.57. The highest BCUT2D eigenvalue weighted by Crippen LogP contribution is 2.28. The summed E-state index contributed by atoms with van der Waals surface area (Å²) < 4.78 is 10.9. The third-order valence-electron chi connectivity index (χ3n) is 3.79. The van der Waals surface area contributed by atoms with Crippen LogP contribution < -0.4 is 9.64 Å². The van der Waals surface area contributed by atoms with Crippen LogP contribution >= 0.6 is 0 Å². The number of para-hydroxylation sites is 2. The van der Waals surface area contributed by atoms with Crippen LogP contribution in [-0.4, -0.2) is 44.5 Å². The lowest BCUT2D eigenvalue weighted by Crippen LogP contribution is -2.44. The molecule has 0 unspecified atom stereocenters. The van der Waals surface area contributed by atoms with Gasteiger partial charge < -0.3 is 14.1 Å². The third-order valence-corrected chi connectivity index (χ3v) is 3.79. The van der Waals surface area contributed by atoms with E-state index in [1.165, 1.54) is 0 Å². The van der Waals surface area contributed by atoms with E-state index >= 15 is 0 Å². The Morgan fingerprint density at radius 1 is 1.09 bits per heavy atom. The van der Waals surface area contributed by atoms with Gasteiger partial charge in [-0.05, 0) is 31.2 Å². The second kappa shape index (κ2) is 6.56. The van der Waals surface area contributed by atoms with Gasteiger partial charge in [-0.2, -0.15) is 5.10 Å². The van der Waals surface area contributed by atoms with Crippen LogP contribution in [0.2, 0.25) is 0 Å². The predicted octanol–water partition coefficient (Wildman–Crippen LogP) is 2.75. The quantitative estimate of drug-likeness (QED) is 0.814. The molecule has 1 aliphatic rings. The summed E-state index contributed by atoms with van der Waals surface area (Å²) in [6.45, 7) is 5.55. The van der Waals surface area contributed by atoms with E-state index in [1.807, 2.05) is 37.3 Å². The maximum atomic E-state index is 5.49. The molecule has 2 aromatic rings. The molecule has 5 nitrogen and oxygen atoms in total. The van der Waals surface area contributed by atoms with Crippen LogP contribution in [0.25, 0.3) is 0 Å². The van der Waals surface area contributed by atoms with Gasteiger partial charge in [-0.25, -0.2) is 0 Å². The van der Waals surface area contributed by atoms with Crippen molar-refractivity contribution in [1.29, 1.82) is 0 Å². The molecule has 0 N–H and O–H groups in total. The van der Waals surface area contributed by atoms with Crippen molar-refractivity contribution in [3.05, 3.63) is 47.9 Å². The summed E-state index contributed by atoms with van der Waals surface area (Å²) >= 11 is 0. The van der Waals surface area contributed by atoms with E-state index < -0.39 is 0 Å². The van der Waals surface area contributed by atoms with Crippen LogP contribution in [0.4, 0.5) is 5.69 Å².